The highest BCUT2D eigenvalue weighted by atomic mass is 32.2. The summed E-state index contributed by atoms with van der Waals surface area (Å²) in [5.41, 5.74) is 3.16. The second-order valence-electron chi connectivity index (χ2n) is 8.68. The first-order valence-electron chi connectivity index (χ1n) is 11.2. The number of hydrogen-bond acceptors (Lipinski definition) is 8. The van der Waals surface area contributed by atoms with Crippen molar-refractivity contribution in [3.8, 4) is 11.3 Å². The fourth-order valence-corrected chi connectivity index (χ4v) is 5.46. The third-order valence-corrected chi connectivity index (χ3v) is 7.44. The minimum absolute atomic E-state index is 0.229. The molecule has 0 saturated carbocycles. The van der Waals surface area contributed by atoms with E-state index in [0.29, 0.717) is 11.7 Å². The van der Waals surface area contributed by atoms with Crippen molar-refractivity contribution in [2.24, 2.45) is 5.92 Å². The van der Waals surface area contributed by atoms with Gasteiger partial charge in [-0.1, -0.05) is 20.3 Å². The summed E-state index contributed by atoms with van der Waals surface area (Å²) in [6.07, 6.45) is 8.52. The van der Waals surface area contributed by atoms with Gasteiger partial charge in [-0.15, -0.1) is 0 Å². The first kappa shape index (κ1) is 24.8. The van der Waals surface area contributed by atoms with Gasteiger partial charge in [0.15, 0.2) is 5.65 Å². The van der Waals surface area contributed by atoms with Gasteiger partial charge in [-0.3, -0.25) is 0 Å². The van der Waals surface area contributed by atoms with E-state index in [1.807, 2.05) is 52.2 Å². The van der Waals surface area contributed by atoms with Gasteiger partial charge in [0, 0.05) is 46.6 Å². The van der Waals surface area contributed by atoms with E-state index in [1.165, 1.54) is 6.42 Å². The van der Waals surface area contributed by atoms with Crippen LogP contribution in [-0.4, -0.2) is 77.6 Å². The zero-order valence-electron chi connectivity index (χ0n) is 20.0. The van der Waals surface area contributed by atoms with E-state index in [-0.39, 0.29) is 5.92 Å². The predicted molar refractivity (Wildman–Crippen MR) is 133 cm³/mol. The van der Waals surface area contributed by atoms with Crippen molar-refractivity contribution in [2.75, 3.05) is 50.2 Å². The molecule has 1 saturated heterocycles. The molecule has 0 atom stereocenters. The highest BCUT2D eigenvalue weighted by Crippen LogP contribution is 2.25. The molecule has 0 bridgehead atoms. The van der Waals surface area contributed by atoms with E-state index in [2.05, 4.69) is 30.2 Å². The molecule has 1 aliphatic rings. The molecule has 0 unspecified atom stereocenters. The maximum atomic E-state index is 11.7. The van der Waals surface area contributed by atoms with Gasteiger partial charge in [-0.25, -0.2) is 27.7 Å². The predicted octanol–water partition coefficient (Wildman–Crippen LogP) is 2.98. The molecule has 33 heavy (non-hydrogen) atoms. The van der Waals surface area contributed by atoms with Crippen LogP contribution in [0.2, 0.25) is 0 Å². The highest BCUT2D eigenvalue weighted by molar-refractivity contribution is 7.89. The number of anilines is 2. The van der Waals surface area contributed by atoms with E-state index in [9.17, 15) is 8.42 Å². The number of hydrogen-bond donors (Lipinski definition) is 2. The molecule has 11 heteroatoms. The summed E-state index contributed by atoms with van der Waals surface area (Å²) >= 11 is 0. The van der Waals surface area contributed by atoms with Gasteiger partial charge in [0.1, 0.15) is 11.3 Å². The Kier molecular flexibility index (Phi) is 8.20. The standard InChI is InChI=1S/C13H15N7.C9H19NO2S/c1-14-11-8(6-17-13(19-11)20(2)3)10-7-16-12-9(18-10)4-5-15-12;1-9(2)8-13(11,12)10-6-4-3-5-7-10/h4-7H,1-3H3,(H,15,16)(H,14,17,19);9H,3-8H2,1-2H3. The first-order chi connectivity index (χ1) is 15.7. The zero-order valence-corrected chi connectivity index (χ0v) is 20.9. The van der Waals surface area contributed by atoms with Crippen LogP contribution in [0.5, 0.6) is 0 Å². The summed E-state index contributed by atoms with van der Waals surface area (Å²) in [4.78, 5) is 22.6. The van der Waals surface area contributed by atoms with E-state index in [4.69, 9.17) is 0 Å². The topological polar surface area (TPSA) is 120 Å². The number of aromatic amines is 1. The van der Waals surface area contributed by atoms with Gasteiger partial charge in [-0.05, 0) is 24.8 Å². The summed E-state index contributed by atoms with van der Waals surface area (Å²) in [6.45, 7) is 5.35. The third kappa shape index (κ3) is 6.38. The van der Waals surface area contributed by atoms with Crippen LogP contribution >= 0.6 is 0 Å². The van der Waals surface area contributed by atoms with Crippen molar-refractivity contribution in [3.05, 3.63) is 24.7 Å². The van der Waals surface area contributed by atoms with E-state index in [0.717, 1.165) is 54.2 Å². The van der Waals surface area contributed by atoms with Gasteiger partial charge >= 0.3 is 0 Å². The number of piperidine rings is 1. The molecule has 180 valence electrons. The van der Waals surface area contributed by atoms with Crippen molar-refractivity contribution in [3.63, 3.8) is 0 Å². The number of fused-ring (bicyclic) bond motifs is 1. The van der Waals surface area contributed by atoms with Crippen LogP contribution in [0.3, 0.4) is 0 Å². The largest absolute Gasteiger partial charge is 0.372 e. The molecule has 0 aromatic carbocycles. The molecule has 3 aromatic heterocycles. The molecule has 1 fully saturated rings. The van der Waals surface area contributed by atoms with Crippen LogP contribution < -0.4 is 10.2 Å². The van der Waals surface area contributed by atoms with Crippen LogP contribution in [0, 0.1) is 5.92 Å². The summed E-state index contributed by atoms with van der Waals surface area (Å²) in [6, 6.07) is 1.89. The third-order valence-electron chi connectivity index (χ3n) is 5.20. The Hall–Kier alpha value is -2.79. The Morgan fingerprint density at radius 3 is 2.48 bits per heavy atom. The van der Waals surface area contributed by atoms with Crippen LogP contribution in [0.4, 0.5) is 11.8 Å². The lowest BCUT2D eigenvalue weighted by molar-refractivity contribution is 0.344. The molecule has 4 rings (SSSR count). The van der Waals surface area contributed by atoms with Crippen molar-refractivity contribution in [1.29, 1.82) is 0 Å². The quantitative estimate of drug-likeness (QED) is 0.559. The molecule has 4 heterocycles. The molecule has 2 N–H and O–H groups in total. The fourth-order valence-electron chi connectivity index (χ4n) is 3.60. The van der Waals surface area contributed by atoms with Gasteiger partial charge < -0.3 is 15.2 Å². The highest BCUT2D eigenvalue weighted by Gasteiger charge is 2.24. The lowest BCUT2D eigenvalue weighted by atomic mass is 10.2. The number of sulfonamides is 1. The Balaban J connectivity index is 0.000000205. The van der Waals surface area contributed by atoms with Crippen molar-refractivity contribution >= 4 is 33.0 Å². The molecule has 0 amide bonds. The Bertz CT molecular complexity index is 1150. The average molecular weight is 475 g/mol. The molecule has 3 aromatic rings. The molecule has 10 nitrogen and oxygen atoms in total. The molecule has 0 aliphatic carbocycles. The number of nitrogens with one attached hydrogen (secondary N) is 2. The van der Waals surface area contributed by atoms with Crippen molar-refractivity contribution in [1.82, 2.24) is 29.2 Å². The minimum atomic E-state index is -2.95. The monoisotopic (exact) mass is 474 g/mol. The lowest BCUT2D eigenvalue weighted by Crippen LogP contribution is -2.38. The molecule has 0 spiro atoms. The lowest BCUT2D eigenvalue weighted by Gasteiger charge is -2.26. The van der Waals surface area contributed by atoms with Crippen LogP contribution in [-0.2, 0) is 10.0 Å². The van der Waals surface area contributed by atoms with Crippen LogP contribution in [0.15, 0.2) is 24.7 Å². The van der Waals surface area contributed by atoms with E-state index in [1.54, 1.807) is 16.7 Å². The molecule has 1 aliphatic heterocycles. The minimum Gasteiger partial charge on any atom is -0.372 e. The summed E-state index contributed by atoms with van der Waals surface area (Å²) < 4.78 is 25.1. The Morgan fingerprint density at radius 2 is 1.85 bits per heavy atom. The van der Waals surface area contributed by atoms with E-state index < -0.39 is 10.0 Å². The molecular weight excluding hydrogens is 440 g/mol. The van der Waals surface area contributed by atoms with Crippen LogP contribution in [0.25, 0.3) is 22.4 Å². The normalized spacial score (nSPS) is 14.7. The summed E-state index contributed by atoms with van der Waals surface area (Å²) in [5, 5.41) is 3.08. The number of rotatable bonds is 6. The van der Waals surface area contributed by atoms with Crippen molar-refractivity contribution < 1.29 is 8.42 Å². The fraction of sp³-hybridized carbons (Fsp3) is 0.545. The van der Waals surface area contributed by atoms with Gasteiger partial charge in [0.2, 0.25) is 16.0 Å². The number of aromatic nitrogens is 5. The van der Waals surface area contributed by atoms with Gasteiger partial charge in [0.25, 0.3) is 0 Å². The second-order valence-corrected chi connectivity index (χ2v) is 10.7. The summed E-state index contributed by atoms with van der Waals surface area (Å²) in [7, 11) is 2.68. The molecule has 0 radical (unpaired) electrons. The van der Waals surface area contributed by atoms with E-state index >= 15 is 0 Å². The SMILES string of the molecule is CC(C)CS(=O)(=O)N1CCCCC1.CNc1nc(N(C)C)ncc1-c1cnc2[nH]ccc2n1. The smallest absolute Gasteiger partial charge is 0.226 e. The summed E-state index contributed by atoms with van der Waals surface area (Å²) in [5.74, 6) is 1.90. The Morgan fingerprint density at radius 1 is 1.12 bits per heavy atom. The van der Waals surface area contributed by atoms with Gasteiger partial charge in [0.05, 0.1) is 23.2 Å². The number of H-pyrrole nitrogens is 1. The zero-order chi connectivity index (χ0) is 24.0. The second kappa shape index (κ2) is 10.9. The maximum Gasteiger partial charge on any atom is 0.226 e. The van der Waals surface area contributed by atoms with Crippen molar-refractivity contribution in [2.45, 2.75) is 33.1 Å². The maximum absolute atomic E-state index is 11.7. The first-order valence-corrected chi connectivity index (χ1v) is 12.8. The number of nitrogens with zero attached hydrogens (tertiary/aromatic N) is 6. The van der Waals surface area contributed by atoms with Crippen LogP contribution in [0.1, 0.15) is 33.1 Å². The van der Waals surface area contributed by atoms with Gasteiger partial charge in [-0.2, -0.15) is 4.98 Å². The average Bonchev–Trinajstić information content (AvgIpc) is 3.27. The Labute approximate surface area is 195 Å². The molecular formula is C22H34N8O2S.